The number of benzene rings is 2. The lowest BCUT2D eigenvalue weighted by Gasteiger charge is -2.13. The third-order valence-electron chi connectivity index (χ3n) is 4.90. The minimum absolute atomic E-state index is 0.0715. The van der Waals surface area contributed by atoms with E-state index in [0.717, 1.165) is 12.8 Å². The Morgan fingerprint density at radius 2 is 2.00 bits per heavy atom. The third-order valence-corrected chi connectivity index (χ3v) is 6.23. The summed E-state index contributed by atoms with van der Waals surface area (Å²) < 4.78 is 16.8. The Balaban J connectivity index is 1.53. The molecule has 13 heteroatoms. The Morgan fingerprint density at radius 1 is 1.19 bits per heavy atom. The maximum atomic E-state index is 12.3. The van der Waals surface area contributed by atoms with Gasteiger partial charge in [0.25, 0.3) is 5.91 Å². The number of rotatable bonds is 9. The number of carbonyl (C=O) groups is 3. The lowest BCUT2D eigenvalue weighted by molar-refractivity contribution is -0.139. The van der Waals surface area contributed by atoms with Gasteiger partial charge in [-0.1, -0.05) is 23.2 Å². The summed E-state index contributed by atoms with van der Waals surface area (Å²) in [6.45, 7) is 0.624. The normalized spacial score (nSPS) is 14.9. The number of halogens is 3. The zero-order valence-corrected chi connectivity index (χ0v) is 22.2. The molecular formula is C23H23BrCl2N4O6. The number of hydrazone groups is 1. The fraction of sp³-hybridized carbons (Fsp3) is 0.304. The first kappa shape index (κ1) is 27.7. The summed E-state index contributed by atoms with van der Waals surface area (Å²) in [6, 6.07) is 7.94. The highest BCUT2D eigenvalue weighted by molar-refractivity contribution is 9.10. The number of nitrogens with zero attached hydrogens (tertiary/aromatic N) is 1. The van der Waals surface area contributed by atoms with Crippen LogP contribution in [0.2, 0.25) is 10.0 Å². The highest BCUT2D eigenvalue weighted by Gasteiger charge is 2.19. The van der Waals surface area contributed by atoms with Crippen LogP contribution in [0.3, 0.4) is 0 Å². The van der Waals surface area contributed by atoms with E-state index in [1.54, 1.807) is 24.3 Å². The van der Waals surface area contributed by atoms with Crippen molar-refractivity contribution in [3.05, 3.63) is 50.4 Å². The number of hydrogen-bond acceptors (Lipinski definition) is 7. The van der Waals surface area contributed by atoms with Crippen LogP contribution in [0.25, 0.3) is 0 Å². The van der Waals surface area contributed by atoms with E-state index >= 15 is 0 Å². The van der Waals surface area contributed by atoms with Gasteiger partial charge in [0, 0.05) is 18.8 Å². The second-order valence-corrected chi connectivity index (χ2v) is 9.21. The molecule has 3 rings (SSSR count). The molecule has 2 aromatic rings. The summed E-state index contributed by atoms with van der Waals surface area (Å²) >= 11 is 15.2. The molecule has 0 saturated carbocycles. The summed E-state index contributed by atoms with van der Waals surface area (Å²) in [5, 5.41) is 9.66. The average Bonchev–Trinajstić information content (AvgIpc) is 3.37. The van der Waals surface area contributed by atoms with Gasteiger partial charge in [0.05, 0.1) is 33.9 Å². The molecule has 1 heterocycles. The number of methoxy groups -OCH3 is 1. The van der Waals surface area contributed by atoms with E-state index < -0.39 is 17.7 Å². The Bertz CT molecular complexity index is 1160. The molecule has 1 aliphatic rings. The molecule has 1 aliphatic heterocycles. The minimum Gasteiger partial charge on any atom is -0.493 e. The van der Waals surface area contributed by atoms with Crippen molar-refractivity contribution in [3.8, 4) is 11.5 Å². The van der Waals surface area contributed by atoms with Crippen LogP contribution in [0.4, 0.5) is 5.69 Å². The van der Waals surface area contributed by atoms with Gasteiger partial charge in [0.2, 0.25) is 0 Å². The van der Waals surface area contributed by atoms with Gasteiger partial charge < -0.3 is 24.8 Å². The fourth-order valence-electron chi connectivity index (χ4n) is 3.17. The van der Waals surface area contributed by atoms with Gasteiger partial charge in [-0.25, -0.2) is 5.43 Å². The minimum atomic E-state index is -0.900. The molecule has 0 spiro atoms. The van der Waals surface area contributed by atoms with Crippen LogP contribution in [0.1, 0.15) is 18.4 Å². The maximum absolute atomic E-state index is 12.3. The predicted octanol–water partition coefficient (Wildman–Crippen LogP) is 3.53. The second-order valence-electron chi connectivity index (χ2n) is 7.54. The Kier molecular flexibility index (Phi) is 10.4. The van der Waals surface area contributed by atoms with E-state index in [-0.39, 0.29) is 25.0 Å². The fourth-order valence-corrected chi connectivity index (χ4v) is 4.04. The summed E-state index contributed by atoms with van der Waals surface area (Å²) in [7, 11) is 1.44. The van der Waals surface area contributed by atoms with E-state index in [2.05, 4.69) is 37.1 Å². The molecule has 0 bridgehead atoms. The molecule has 192 valence electrons. The van der Waals surface area contributed by atoms with Crippen molar-refractivity contribution in [2.75, 3.05) is 32.2 Å². The van der Waals surface area contributed by atoms with Gasteiger partial charge in [0.15, 0.2) is 18.1 Å². The van der Waals surface area contributed by atoms with Crippen LogP contribution in [0, 0.1) is 0 Å². The van der Waals surface area contributed by atoms with E-state index in [1.807, 2.05) is 0 Å². The van der Waals surface area contributed by atoms with Crippen molar-refractivity contribution in [1.82, 2.24) is 10.7 Å². The molecule has 3 amide bonds. The lowest BCUT2D eigenvalue weighted by atomic mass is 10.2. The van der Waals surface area contributed by atoms with Crippen LogP contribution in [0.5, 0.6) is 11.5 Å². The topological polar surface area (TPSA) is 127 Å². The van der Waals surface area contributed by atoms with Crippen LogP contribution in [-0.4, -0.2) is 56.9 Å². The Labute approximate surface area is 225 Å². The highest BCUT2D eigenvalue weighted by atomic mass is 79.9. The zero-order valence-electron chi connectivity index (χ0n) is 19.1. The zero-order chi connectivity index (χ0) is 26.1. The van der Waals surface area contributed by atoms with Crippen molar-refractivity contribution in [2.45, 2.75) is 18.9 Å². The van der Waals surface area contributed by atoms with Crippen LogP contribution < -0.4 is 25.5 Å². The first-order valence-electron chi connectivity index (χ1n) is 10.7. The average molecular weight is 602 g/mol. The molecule has 2 aromatic carbocycles. The Morgan fingerprint density at radius 3 is 2.69 bits per heavy atom. The molecule has 0 unspecified atom stereocenters. The molecule has 10 nitrogen and oxygen atoms in total. The van der Waals surface area contributed by atoms with Gasteiger partial charge in [-0.15, -0.1) is 0 Å². The first-order chi connectivity index (χ1) is 17.3. The third kappa shape index (κ3) is 8.09. The molecular weight excluding hydrogens is 579 g/mol. The molecule has 1 atom stereocenters. The summed E-state index contributed by atoms with van der Waals surface area (Å²) in [5.74, 6) is -1.52. The number of hydrogen-bond donors (Lipinski definition) is 3. The quantitative estimate of drug-likeness (QED) is 0.229. The largest absolute Gasteiger partial charge is 0.493 e. The SMILES string of the molecule is COc1cc(/C=N\NC(=O)C(=O)NC[C@H]2CCCO2)cc(Br)c1OCC(=O)Nc1ccc(Cl)c(Cl)c1. The van der Waals surface area contributed by atoms with Gasteiger partial charge in [-0.05, 0) is 64.7 Å². The molecule has 36 heavy (non-hydrogen) atoms. The first-order valence-corrected chi connectivity index (χ1v) is 12.3. The smallest absolute Gasteiger partial charge is 0.329 e. The highest BCUT2D eigenvalue weighted by Crippen LogP contribution is 2.36. The molecule has 1 fully saturated rings. The predicted molar refractivity (Wildman–Crippen MR) is 139 cm³/mol. The summed E-state index contributed by atoms with van der Waals surface area (Å²) in [4.78, 5) is 36.1. The molecule has 0 radical (unpaired) electrons. The van der Waals surface area contributed by atoms with Crippen molar-refractivity contribution in [2.24, 2.45) is 5.10 Å². The van der Waals surface area contributed by atoms with Gasteiger partial charge in [-0.2, -0.15) is 5.10 Å². The van der Waals surface area contributed by atoms with Crippen LogP contribution in [-0.2, 0) is 19.1 Å². The van der Waals surface area contributed by atoms with E-state index in [1.165, 1.54) is 19.4 Å². The summed E-state index contributed by atoms with van der Waals surface area (Å²) in [5.41, 5.74) is 3.17. The number of anilines is 1. The standard InChI is InChI=1S/C23H23BrCl2N4O6/c1-34-19-8-13(10-28-30-23(33)22(32)27-11-15-3-2-6-35-15)7-16(24)21(19)36-12-20(31)29-14-4-5-17(25)18(26)9-14/h4-5,7-10,15H,2-3,6,11-12H2,1H3,(H,27,32)(H,29,31)(H,30,33)/b28-10-/t15-/m1/s1. The number of carbonyl (C=O) groups excluding carboxylic acids is 3. The molecule has 3 N–H and O–H groups in total. The van der Waals surface area contributed by atoms with E-state index in [4.69, 9.17) is 37.4 Å². The number of nitrogens with one attached hydrogen (secondary N) is 3. The van der Waals surface area contributed by atoms with Gasteiger partial charge in [0.1, 0.15) is 0 Å². The number of ether oxygens (including phenoxy) is 3. The molecule has 1 saturated heterocycles. The molecule has 0 aliphatic carbocycles. The van der Waals surface area contributed by atoms with E-state index in [9.17, 15) is 14.4 Å². The van der Waals surface area contributed by atoms with E-state index in [0.29, 0.717) is 38.1 Å². The van der Waals surface area contributed by atoms with Crippen molar-refractivity contribution in [1.29, 1.82) is 0 Å². The van der Waals surface area contributed by atoms with Gasteiger partial charge in [-0.3, -0.25) is 14.4 Å². The maximum Gasteiger partial charge on any atom is 0.329 e. The monoisotopic (exact) mass is 600 g/mol. The Hall–Kier alpha value is -2.86. The van der Waals surface area contributed by atoms with Crippen molar-refractivity contribution >= 4 is 68.8 Å². The molecule has 0 aromatic heterocycles. The lowest BCUT2D eigenvalue weighted by Crippen LogP contribution is -2.41. The van der Waals surface area contributed by atoms with Crippen molar-refractivity contribution < 1.29 is 28.6 Å². The van der Waals surface area contributed by atoms with Crippen LogP contribution >= 0.6 is 39.1 Å². The van der Waals surface area contributed by atoms with Gasteiger partial charge >= 0.3 is 11.8 Å². The second kappa shape index (κ2) is 13.4. The van der Waals surface area contributed by atoms with Crippen molar-refractivity contribution in [3.63, 3.8) is 0 Å². The summed E-state index contributed by atoms with van der Waals surface area (Å²) in [6.07, 6.45) is 3.04. The van der Waals surface area contributed by atoms with Crippen LogP contribution in [0.15, 0.2) is 39.9 Å². The number of amides is 3.